The van der Waals surface area contributed by atoms with Crippen LogP contribution in [0.25, 0.3) is 0 Å². The number of amides is 1. The summed E-state index contributed by atoms with van der Waals surface area (Å²) in [4.78, 5) is 12.8. The fourth-order valence-corrected chi connectivity index (χ4v) is 5.38. The molecule has 3 N–H and O–H groups in total. The highest BCUT2D eigenvalue weighted by Gasteiger charge is 2.36. The molecule has 2 fully saturated rings. The first kappa shape index (κ1) is 22.3. The van der Waals surface area contributed by atoms with Crippen LogP contribution in [0.2, 0.25) is 0 Å². The van der Waals surface area contributed by atoms with Gasteiger partial charge in [-0.2, -0.15) is 0 Å². The van der Waals surface area contributed by atoms with Gasteiger partial charge in [-0.05, 0) is 56.2 Å². The van der Waals surface area contributed by atoms with Gasteiger partial charge < -0.3 is 19.9 Å². The number of benzene rings is 1. The maximum atomic E-state index is 12.5. The van der Waals surface area contributed by atoms with Crippen molar-refractivity contribution < 1.29 is 27.8 Å². The van der Waals surface area contributed by atoms with E-state index in [1.165, 1.54) is 12.8 Å². The molecule has 172 valence electrons. The maximum absolute atomic E-state index is 12.5. The molecule has 1 amide bonds. The van der Waals surface area contributed by atoms with E-state index in [1.54, 1.807) is 4.90 Å². The van der Waals surface area contributed by atoms with Crippen LogP contribution in [0.3, 0.4) is 0 Å². The van der Waals surface area contributed by atoms with Crippen molar-refractivity contribution in [2.24, 2.45) is 5.92 Å². The smallest absolute Gasteiger partial charge is 0.237 e. The highest BCUT2D eigenvalue weighted by molar-refractivity contribution is 7.89. The molecule has 1 aromatic rings. The van der Waals surface area contributed by atoms with Gasteiger partial charge in [0.15, 0.2) is 17.9 Å². The Hall–Kier alpha value is -1.88. The molecule has 0 bridgehead atoms. The molecule has 3 atom stereocenters. The average molecular weight is 454 g/mol. The molecule has 2 aliphatic heterocycles. The van der Waals surface area contributed by atoms with E-state index in [2.05, 4.69) is 10.0 Å². The van der Waals surface area contributed by atoms with E-state index in [-0.39, 0.29) is 30.4 Å². The van der Waals surface area contributed by atoms with Crippen LogP contribution in [-0.4, -0.2) is 62.2 Å². The van der Waals surface area contributed by atoms with Gasteiger partial charge in [-0.15, -0.1) is 0 Å². The molecular weight excluding hydrogens is 422 g/mol. The van der Waals surface area contributed by atoms with Gasteiger partial charge in [-0.3, -0.25) is 9.69 Å². The number of carbonyl (C=O) groups is 1. The fraction of sp³-hybridized carbons (Fsp3) is 0.667. The summed E-state index contributed by atoms with van der Waals surface area (Å²) in [6.45, 7) is 3.11. The molecule has 0 radical (unpaired) electrons. The Morgan fingerprint density at radius 2 is 2.06 bits per heavy atom. The van der Waals surface area contributed by atoms with Crippen LogP contribution in [0.1, 0.15) is 50.6 Å². The van der Waals surface area contributed by atoms with Gasteiger partial charge in [-0.1, -0.05) is 12.5 Å². The second-order valence-electron chi connectivity index (χ2n) is 8.64. The van der Waals surface area contributed by atoms with Crippen molar-refractivity contribution in [3.8, 4) is 11.5 Å². The summed E-state index contributed by atoms with van der Waals surface area (Å²) in [5.41, 5.74) is 0.836. The summed E-state index contributed by atoms with van der Waals surface area (Å²) < 4.78 is 39.6. The Balaban J connectivity index is 1.22. The Kier molecular flexibility index (Phi) is 6.71. The van der Waals surface area contributed by atoms with Crippen LogP contribution in [0.5, 0.6) is 11.5 Å². The largest absolute Gasteiger partial charge is 0.486 e. The molecule has 3 aliphatic rings. The zero-order chi connectivity index (χ0) is 22.0. The lowest BCUT2D eigenvalue weighted by molar-refractivity contribution is -0.119. The minimum atomic E-state index is -3.43. The Morgan fingerprint density at radius 1 is 1.26 bits per heavy atom. The monoisotopic (exact) mass is 453 g/mol. The number of rotatable bonds is 10. The minimum absolute atomic E-state index is 0.0331. The summed E-state index contributed by atoms with van der Waals surface area (Å²) in [6, 6.07) is 5.19. The second kappa shape index (κ2) is 9.32. The van der Waals surface area contributed by atoms with Gasteiger partial charge in [0.25, 0.3) is 0 Å². The van der Waals surface area contributed by atoms with Gasteiger partial charge in [0.1, 0.15) is 12.7 Å². The zero-order valence-electron chi connectivity index (χ0n) is 17.7. The molecule has 1 saturated heterocycles. The lowest BCUT2D eigenvalue weighted by Gasteiger charge is -2.27. The molecule has 0 spiro atoms. The predicted octanol–water partition coefficient (Wildman–Crippen LogP) is 1.09. The van der Waals surface area contributed by atoms with Crippen molar-refractivity contribution in [3.63, 3.8) is 0 Å². The van der Waals surface area contributed by atoms with E-state index in [0.717, 1.165) is 5.56 Å². The number of unbranched alkanes of at least 4 members (excludes halogenated alkanes) is 2. The topological polar surface area (TPSA) is 117 Å². The van der Waals surface area contributed by atoms with Crippen molar-refractivity contribution in [1.82, 2.24) is 14.9 Å². The van der Waals surface area contributed by atoms with Crippen molar-refractivity contribution in [2.75, 3.05) is 25.4 Å². The quantitative estimate of drug-likeness (QED) is 0.454. The van der Waals surface area contributed by atoms with E-state index in [9.17, 15) is 18.3 Å². The van der Waals surface area contributed by atoms with Gasteiger partial charge >= 0.3 is 0 Å². The highest BCUT2D eigenvalue weighted by Crippen LogP contribution is 2.41. The van der Waals surface area contributed by atoms with Crippen molar-refractivity contribution >= 4 is 15.9 Å². The summed E-state index contributed by atoms with van der Waals surface area (Å²) in [6.07, 6.45) is 3.41. The number of sulfonamides is 1. The first-order valence-corrected chi connectivity index (χ1v) is 12.6. The summed E-state index contributed by atoms with van der Waals surface area (Å²) >= 11 is 0. The molecule has 1 saturated carbocycles. The van der Waals surface area contributed by atoms with Gasteiger partial charge in [-0.25, -0.2) is 13.1 Å². The average Bonchev–Trinajstić information content (AvgIpc) is 3.51. The first-order chi connectivity index (χ1) is 14.8. The molecule has 4 rings (SSSR count). The number of fused-ring (bicyclic) bond motifs is 1. The number of nitrogens with one attached hydrogen (secondary N) is 2. The number of aliphatic hydroxyl groups is 1. The number of carbonyl (C=O) groups excluding carboxylic acids is 1. The molecule has 0 aromatic heterocycles. The molecule has 31 heavy (non-hydrogen) atoms. The van der Waals surface area contributed by atoms with Gasteiger partial charge in [0, 0.05) is 12.6 Å². The summed E-state index contributed by atoms with van der Waals surface area (Å²) in [5, 5.41) is 12.1. The SMILES string of the molecule is C[C@@H](NS(=O)(=O)CCCCCN1CC(=O)NC1O)c1ccc2c(c1)OC(C1CC1)CO2. The third-order valence-corrected chi connectivity index (χ3v) is 7.53. The van der Waals surface area contributed by atoms with Crippen LogP contribution in [-0.2, 0) is 14.8 Å². The molecule has 1 aromatic carbocycles. The second-order valence-corrected chi connectivity index (χ2v) is 10.5. The fourth-order valence-electron chi connectivity index (χ4n) is 4.01. The first-order valence-electron chi connectivity index (χ1n) is 11.0. The molecule has 2 unspecified atom stereocenters. The molecule has 1 aliphatic carbocycles. The van der Waals surface area contributed by atoms with Crippen LogP contribution in [0.4, 0.5) is 0 Å². The van der Waals surface area contributed by atoms with Crippen molar-refractivity contribution in [3.05, 3.63) is 23.8 Å². The lowest BCUT2D eigenvalue weighted by atomic mass is 10.1. The maximum Gasteiger partial charge on any atom is 0.237 e. The van der Waals surface area contributed by atoms with Gasteiger partial charge in [0.2, 0.25) is 15.9 Å². The number of hydrogen-bond donors (Lipinski definition) is 3. The van der Waals surface area contributed by atoms with E-state index >= 15 is 0 Å². The molecular formula is C21H31N3O6S. The highest BCUT2D eigenvalue weighted by atomic mass is 32.2. The summed E-state index contributed by atoms with van der Waals surface area (Å²) in [7, 11) is -3.43. The number of aliphatic hydroxyl groups excluding tert-OH is 1. The predicted molar refractivity (Wildman–Crippen MR) is 114 cm³/mol. The molecule has 9 nitrogen and oxygen atoms in total. The third-order valence-electron chi connectivity index (χ3n) is 5.99. The Labute approximate surface area is 183 Å². The molecule has 2 heterocycles. The van der Waals surface area contributed by atoms with Crippen LogP contribution >= 0.6 is 0 Å². The normalized spacial score (nSPS) is 24.8. The third kappa shape index (κ3) is 5.88. The van der Waals surface area contributed by atoms with Crippen LogP contribution in [0, 0.1) is 5.92 Å². The summed E-state index contributed by atoms with van der Waals surface area (Å²) in [5.74, 6) is 1.79. The van der Waals surface area contributed by atoms with Gasteiger partial charge in [0.05, 0.1) is 12.3 Å². The van der Waals surface area contributed by atoms with E-state index < -0.39 is 16.4 Å². The van der Waals surface area contributed by atoms with Crippen LogP contribution in [0.15, 0.2) is 18.2 Å². The van der Waals surface area contributed by atoms with Crippen molar-refractivity contribution in [2.45, 2.75) is 57.5 Å². The van der Waals surface area contributed by atoms with E-state index in [1.807, 2.05) is 25.1 Å². The zero-order valence-corrected chi connectivity index (χ0v) is 18.6. The Morgan fingerprint density at radius 3 is 2.77 bits per heavy atom. The standard InChI is InChI=1S/C21H31N3O6S/c1-14(16-7-8-17-18(11-16)30-19(13-29-17)15-5-6-15)23-31(27,28)10-4-2-3-9-24-12-20(25)22-21(24)26/h7-8,11,14-15,19,21,23,26H,2-6,9-10,12-13H2,1H3,(H,22,25)/t14-,19?,21?/m1/s1. The number of hydrogen-bond acceptors (Lipinski definition) is 7. The molecule has 10 heteroatoms. The number of ether oxygens (including phenoxy) is 2. The minimum Gasteiger partial charge on any atom is -0.486 e. The van der Waals surface area contributed by atoms with E-state index in [0.29, 0.717) is 49.8 Å². The Bertz CT molecular complexity index is 904. The number of nitrogens with zero attached hydrogens (tertiary/aromatic N) is 1. The van der Waals surface area contributed by atoms with Crippen molar-refractivity contribution in [1.29, 1.82) is 0 Å². The lowest BCUT2D eigenvalue weighted by Crippen LogP contribution is -2.36. The van der Waals surface area contributed by atoms with Crippen LogP contribution < -0.4 is 19.5 Å². The van der Waals surface area contributed by atoms with E-state index in [4.69, 9.17) is 9.47 Å².